The van der Waals surface area contributed by atoms with Gasteiger partial charge in [-0.25, -0.2) is 0 Å². The lowest BCUT2D eigenvalue weighted by molar-refractivity contribution is -0.175. The summed E-state index contributed by atoms with van der Waals surface area (Å²) in [7, 11) is 0. The van der Waals surface area contributed by atoms with Crippen molar-refractivity contribution >= 4 is 11.9 Å². The molecule has 346 valence electrons. The Morgan fingerprint density at radius 3 is 1.42 bits per heavy atom. The van der Waals surface area contributed by atoms with Crippen LogP contribution in [0.1, 0.15) is 194 Å². The number of aliphatic hydroxyl groups is 4. The van der Waals surface area contributed by atoms with E-state index in [0.29, 0.717) is 12.8 Å². The summed E-state index contributed by atoms with van der Waals surface area (Å²) in [6.07, 6.45) is 34.1. The zero-order valence-corrected chi connectivity index (χ0v) is 37.5. The molecular formula is C48H88O11. The number of carbonyl (C=O) groups is 2. The number of aliphatic hydroxyl groups excluding tert-OH is 4. The molecule has 0 aromatic rings. The van der Waals surface area contributed by atoms with Gasteiger partial charge in [-0.2, -0.15) is 0 Å². The van der Waals surface area contributed by atoms with Gasteiger partial charge in [-0.3, -0.25) is 9.59 Å². The van der Waals surface area contributed by atoms with Crippen molar-refractivity contribution in [2.24, 2.45) is 0 Å². The summed E-state index contributed by atoms with van der Waals surface area (Å²) in [4.78, 5) is 26.0. The largest absolute Gasteiger partial charge is 0.462 e. The molecule has 1 aliphatic heterocycles. The molecule has 0 aromatic heterocycles. The summed E-state index contributed by atoms with van der Waals surface area (Å²) < 4.78 is 29.3. The number of esters is 2. The van der Waals surface area contributed by atoms with Crippen LogP contribution in [0.2, 0.25) is 0 Å². The predicted molar refractivity (Wildman–Crippen MR) is 235 cm³/mol. The maximum atomic E-state index is 13.1. The minimum absolute atomic E-state index is 0.0217. The Kier molecular flexibility index (Phi) is 37.6. The van der Waals surface area contributed by atoms with Crippen LogP contribution >= 0.6 is 0 Å². The highest BCUT2D eigenvalue weighted by Crippen LogP contribution is 2.27. The Morgan fingerprint density at radius 1 is 0.559 bits per heavy atom. The third kappa shape index (κ3) is 31.6. The number of ether oxygens (including phenoxy) is 5. The minimum Gasteiger partial charge on any atom is -0.462 e. The Labute approximate surface area is 359 Å². The van der Waals surface area contributed by atoms with Gasteiger partial charge in [-0.05, 0) is 64.2 Å². The highest BCUT2D eigenvalue weighted by atomic mass is 16.6. The van der Waals surface area contributed by atoms with E-state index in [-0.39, 0.29) is 45.2 Å². The summed E-state index contributed by atoms with van der Waals surface area (Å²) in [6.45, 7) is 2.84. The molecule has 6 atom stereocenters. The quantitative estimate of drug-likeness (QED) is 0.0263. The molecule has 4 N–H and O–H groups in total. The zero-order valence-electron chi connectivity index (χ0n) is 37.5. The van der Waals surface area contributed by atoms with E-state index in [1.165, 1.54) is 83.5 Å². The number of hydrogen-bond donors (Lipinski definition) is 4. The first-order valence-corrected chi connectivity index (χ1v) is 23.9. The van der Waals surface area contributed by atoms with Crippen molar-refractivity contribution < 1.29 is 53.7 Å². The summed E-state index contributed by atoms with van der Waals surface area (Å²) in [5.41, 5.74) is 0. The van der Waals surface area contributed by atoms with Gasteiger partial charge in [-0.1, -0.05) is 141 Å². The van der Waals surface area contributed by atoms with Crippen molar-refractivity contribution in [3.63, 3.8) is 0 Å². The van der Waals surface area contributed by atoms with Gasteiger partial charge in [0.05, 0.1) is 33.0 Å². The smallest absolute Gasteiger partial charge is 0.306 e. The summed E-state index contributed by atoms with van der Waals surface area (Å²) >= 11 is 0. The second-order valence-electron chi connectivity index (χ2n) is 16.5. The van der Waals surface area contributed by atoms with Gasteiger partial charge in [0.25, 0.3) is 0 Å². The molecule has 59 heavy (non-hydrogen) atoms. The van der Waals surface area contributed by atoms with Gasteiger partial charge in [0.15, 0.2) is 6.10 Å². The van der Waals surface area contributed by atoms with E-state index in [9.17, 15) is 30.0 Å². The van der Waals surface area contributed by atoms with E-state index >= 15 is 0 Å². The highest BCUT2D eigenvalue weighted by Gasteiger charge is 2.46. The van der Waals surface area contributed by atoms with Crippen LogP contribution in [0.25, 0.3) is 0 Å². The second kappa shape index (κ2) is 40.2. The number of carbonyl (C=O) groups excluding carboxylic acids is 2. The first-order valence-electron chi connectivity index (χ1n) is 23.9. The molecule has 1 saturated heterocycles. The maximum absolute atomic E-state index is 13.1. The molecule has 0 radical (unpaired) electrons. The monoisotopic (exact) mass is 841 g/mol. The van der Waals surface area contributed by atoms with Crippen LogP contribution in [-0.2, 0) is 33.3 Å². The van der Waals surface area contributed by atoms with Gasteiger partial charge in [-0.15, -0.1) is 0 Å². The average molecular weight is 841 g/mol. The van der Waals surface area contributed by atoms with Crippen molar-refractivity contribution in [2.45, 2.75) is 230 Å². The van der Waals surface area contributed by atoms with Crippen LogP contribution in [0.5, 0.6) is 0 Å². The van der Waals surface area contributed by atoms with Crippen molar-refractivity contribution in [3.05, 3.63) is 24.3 Å². The lowest BCUT2D eigenvalue weighted by Crippen LogP contribution is -2.47. The summed E-state index contributed by atoms with van der Waals surface area (Å²) in [6, 6.07) is 0. The fourth-order valence-electron chi connectivity index (χ4n) is 7.18. The second-order valence-corrected chi connectivity index (χ2v) is 16.5. The van der Waals surface area contributed by atoms with Gasteiger partial charge >= 0.3 is 11.9 Å². The van der Waals surface area contributed by atoms with Crippen LogP contribution in [0.4, 0.5) is 0 Å². The van der Waals surface area contributed by atoms with E-state index in [1.807, 2.05) is 0 Å². The van der Waals surface area contributed by atoms with Crippen LogP contribution in [-0.4, -0.2) is 109 Å². The molecule has 11 heteroatoms. The van der Waals surface area contributed by atoms with Crippen molar-refractivity contribution in [1.29, 1.82) is 0 Å². The molecule has 0 spiro atoms. The van der Waals surface area contributed by atoms with Crippen LogP contribution in [0.3, 0.4) is 0 Å². The number of allylic oxidation sites excluding steroid dienone is 4. The predicted octanol–water partition coefficient (Wildman–Crippen LogP) is 9.39. The van der Waals surface area contributed by atoms with Gasteiger partial charge in [0, 0.05) is 12.8 Å². The van der Waals surface area contributed by atoms with E-state index in [0.717, 1.165) is 70.6 Å². The average Bonchev–Trinajstić information content (AvgIpc) is 3.65. The lowest BCUT2D eigenvalue weighted by Gasteiger charge is -2.29. The molecule has 1 rings (SSSR count). The van der Waals surface area contributed by atoms with Crippen molar-refractivity contribution in [2.75, 3.05) is 39.6 Å². The zero-order chi connectivity index (χ0) is 43.0. The topological polar surface area (TPSA) is 161 Å². The molecule has 1 aliphatic rings. The van der Waals surface area contributed by atoms with E-state index in [2.05, 4.69) is 38.2 Å². The highest BCUT2D eigenvalue weighted by molar-refractivity contribution is 5.70. The van der Waals surface area contributed by atoms with Crippen LogP contribution in [0.15, 0.2) is 24.3 Å². The SMILES string of the molecule is CCCCCCCC/C=C\CCCCCCCC(=O)OCC(OC(=O)CCCCCCC/C=C\CCCCCCCC)C1OCC(OCC(O)CO)C1OCC(O)CO. The fourth-order valence-corrected chi connectivity index (χ4v) is 7.18. The molecule has 0 aliphatic carbocycles. The molecule has 0 aromatic carbocycles. The third-order valence-electron chi connectivity index (χ3n) is 10.9. The number of hydrogen-bond acceptors (Lipinski definition) is 11. The van der Waals surface area contributed by atoms with E-state index in [1.54, 1.807) is 0 Å². The lowest BCUT2D eigenvalue weighted by atomic mass is 10.1. The molecular weight excluding hydrogens is 753 g/mol. The van der Waals surface area contributed by atoms with Crippen molar-refractivity contribution in [3.8, 4) is 0 Å². The standard InChI is InChI=1S/C48H88O11/c1-3-5-7-9-11-13-15-17-19-21-23-25-27-29-31-33-45(53)56-40-44(48-47(57-38-42(52)36-50)43(39-58-48)55-37-41(51)35-49)59-46(54)34-32-30-28-26-24-22-20-18-16-14-12-10-8-6-4-2/h17-20,41-44,47-52H,3-16,21-40H2,1-2H3/b19-17-,20-18-. The van der Waals surface area contributed by atoms with Crippen LogP contribution in [0, 0.1) is 0 Å². The Bertz CT molecular complexity index is 1020. The van der Waals surface area contributed by atoms with Gasteiger partial charge in [0.2, 0.25) is 0 Å². The molecule has 6 unspecified atom stereocenters. The fraction of sp³-hybridized carbons (Fsp3) is 0.875. The summed E-state index contributed by atoms with van der Waals surface area (Å²) in [5.74, 6) is -0.815. The molecule has 1 fully saturated rings. The van der Waals surface area contributed by atoms with Gasteiger partial charge < -0.3 is 44.1 Å². The first-order chi connectivity index (χ1) is 28.9. The van der Waals surface area contributed by atoms with Crippen molar-refractivity contribution in [1.82, 2.24) is 0 Å². The minimum atomic E-state index is -1.16. The molecule has 11 nitrogen and oxygen atoms in total. The maximum Gasteiger partial charge on any atom is 0.306 e. The number of rotatable bonds is 42. The number of unbranched alkanes of at least 4 members (excludes halogenated alkanes) is 22. The van der Waals surface area contributed by atoms with E-state index in [4.69, 9.17) is 23.7 Å². The molecule has 0 amide bonds. The normalized spacial score (nSPS) is 18.5. The summed E-state index contributed by atoms with van der Waals surface area (Å²) in [5, 5.41) is 38.5. The molecule has 1 heterocycles. The Hall–Kier alpha value is -1.86. The first kappa shape index (κ1) is 55.2. The third-order valence-corrected chi connectivity index (χ3v) is 10.9. The molecule has 0 bridgehead atoms. The van der Waals surface area contributed by atoms with E-state index < -0.39 is 55.8 Å². The van der Waals surface area contributed by atoms with Gasteiger partial charge in [0.1, 0.15) is 37.1 Å². The Morgan fingerprint density at radius 2 is 0.966 bits per heavy atom. The Balaban J connectivity index is 2.56. The molecule has 0 saturated carbocycles. The van der Waals surface area contributed by atoms with Crippen LogP contribution < -0.4 is 0 Å².